The summed E-state index contributed by atoms with van der Waals surface area (Å²) in [4.78, 5) is 2.47. The highest BCUT2D eigenvalue weighted by atomic mass is 16.5. The average Bonchev–Trinajstić information content (AvgIpc) is 2.52. The molecule has 3 fully saturated rings. The second kappa shape index (κ2) is 6.80. The molecule has 3 heterocycles. The van der Waals surface area contributed by atoms with Gasteiger partial charge in [0.2, 0.25) is 0 Å². The molecule has 0 aromatic heterocycles. The zero-order chi connectivity index (χ0) is 14.7. The minimum absolute atomic E-state index is 0.155. The zero-order valence-electron chi connectivity index (χ0n) is 13.0. The van der Waals surface area contributed by atoms with Crippen LogP contribution >= 0.6 is 0 Å². The third kappa shape index (κ3) is 3.41. The van der Waals surface area contributed by atoms with Crippen LogP contribution < -0.4 is 4.74 Å². The summed E-state index contributed by atoms with van der Waals surface area (Å²) in [6, 6.07) is 8.69. The molecule has 2 bridgehead atoms. The lowest BCUT2D eigenvalue weighted by molar-refractivity contribution is -0.0715. The summed E-state index contributed by atoms with van der Waals surface area (Å²) >= 11 is 0. The van der Waals surface area contributed by atoms with Crippen LogP contribution in [0.3, 0.4) is 0 Å². The number of ether oxygens (including phenoxy) is 1. The predicted molar refractivity (Wildman–Crippen MR) is 84.6 cm³/mol. The highest BCUT2D eigenvalue weighted by Crippen LogP contribution is 2.34. The summed E-state index contributed by atoms with van der Waals surface area (Å²) in [5.74, 6) is 1.48. The number of aliphatic hydroxyl groups is 1. The van der Waals surface area contributed by atoms with E-state index in [0.29, 0.717) is 12.0 Å². The number of hydrogen-bond donors (Lipinski definition) is 1. The highest BCUT2D eigenvalue weighted by Gasteiger charge is 2.40. The van der Waals surface area contributed by atoms with E-state index in [0.717, 1.165) is 57.6 Å². The van der Waals surface area contributed by atoms with Crippen molar-refractivity contribution < 1.29 is 9.84 Å². The topological polar surface area (TPSA) is 32.7 Å². The highest BCUT2D eigenvalue weighted by molar-refractivity contribution is 5.29. The molecule has 0 radical (unpaired) electrons. The Balaban J connectivity index is 1.63. The molecule has 3 nitrogen and oxygen atoms in total. The summed E-state index contributed by atoms with van der Waals surface area (Å²) in [6.07, 6.45) is 5.36. The van der Waals surface area contributed by atoms with Gasteiger partial charge in [-0.15, -0.1) is 0 Å². The van der Waals surface area contributed by atoms with Crippen LogP contribution in [0.25, 0.3) is 0 Å². The van der Waals surface area contributed by atoms with Crippen molar-refractivity contribution in [2.24, 2.45) is 5.92 Å². The monoisotopic (exact) mass is 289 g/mol. The number of hydrogen-bond acceptors (Lipinski definition) is 3. The Labute approximate surface area is 127 Å². The molecule has 3 aliphatic heterocycles. The number of fused-ring (bicyclic) bond motifs is 3. The Morgan fingerprint density at radius 2 is 2.10 bits per heavy atom. The summed E-state index contributed by atoms with van der Waals surface area (Å²) in [5.41, 5.74) is 1.28. The van der Waals surface area contributed by atoms with E-state index in [1.165, 1.54) is 5.56 Å². The number of aliphatic hydroxyl groups excluding tert-OH is 1. The third-order valence-electron chi connectivity index (χ3n) is 5.03. The predicted octanol–water partition coefficient (Wildman–Crippen LogP) is 2.86. The molecule has 1 N–H and O–H groups in total. The van der Waals surface area contributed by atoms with Crippen molar-refractivity contribution >= 4 is 0 Å². The fourth-order valence-electron chi connectivity index (χ4n) is 3.71. The van der Waals surface area contributed by atoms with Gasteiger partial charge in [0.25, 0.3) is 0 Å². The van der Waals surface area contributed by atoms with E-state index in [4.69, 9.17) is 4.74 Å². The van der Waals surface area contributed by atoms with Gasteiger partial charge in [-0.1, -0.05) is 25.5 Å². The van der Waals surface area contributed by atoms with E-state index in [1.54, 1.807) is 0 Å². The first-order valence-electron chi connectivity index (χ1n) is 8.42. The minimum atomic E-state index is -0.155. The molecule has 116 valence electrons. The molecular formula is C18H27NO2. The largest absolute Gasteiger partial charge is 0.494 e. The first kappa shape index (κ1) is 14.9. The van der Waals surface area contributed by atoms with Crippen molar-refractivity contribution in [1.29, 1.82) is 0 Å². The molecule has 0 aliphatic carbocycles. The smallest absolute Gasteiger partial charge is 0.119 e. The fourth-order valence-corrected chi connectivity index (χ4v) is 3.71. The summed E-state index contributed by atoms with van der Waals surface area (Å²) in [6.45, 7) is 5.27. The first-order chi connectivity index (χ1) is 10.3. The lowest BCUT2D eigenvalue weighted by Gasteiger charge is -2.49. The number of rotatable bonds is 6. The molecule has 1 aromatic rings. The number of piperidine rings is 3. The Hall–Kier alpha value is -1.06. The maximum Gasteiger partial charge on any atom is 0.119 e. The maximum atomic E-state index is 10.5. The van der Waals surface area contributed by atoms with E-state index < -0.39 is 0 Å². The second-order valence-corrected chi connectivity index (χ2v) is 6.48. The van der Waals surface area contributed by atoms with Crippen LogP contribution in [0.1, 0.15) is 38.2 Å². The first-order valence-corrected chi connectivity index (χ1v) is 8.42. The quantitative estimate of drug-likeness (QED) is 0.817. The van der Waals surface area contributed by atoms with Crippen molar-refractivity contribution in [2.45, 2.75) is 51.2 Å². The normalized spacial score (nSPS) is 31.3. The molecule has 3 heteroatoms. The molecule has 2 atom stereocenters. The van der Waals surface area contributed by atoms with Crippen LogP contribution in [0.5, 0.6) is 5.75 Å². The average molecular weight is 289 g/mol. The maximum absolute atomic E-state index is 10.5. The van der Waals surface area contributed by atoms with Crippen LogP contribution in [0, 0.1) is 5.92 Å². The van der Waals surface area contributed by atoms with Gasteiger partial charge in [-0.2, -0.15) is 0 Å². The Bertz CT molecular complexity index is 452. The van der Waals surface area contributed by atoms with E-state index in [2.05, 4.69) is 30.0 Å². The van der Waals surface area contributed by atoms with Gasteiger partial charge in [-0.05, 0) is 62.4 Å². The minimum Gasteiger partial charge on any atom is -0.494 e. The van der Waals surface area contributed by atoms with Gasteiger partial charge in [-0.3, -0.25) is 4.90 Å². The third-order valence-corrected chi connectivity index (χ3v) is 5.03. The standard InChI is InChI=1S/C18H27NO2/c1-2-3-11-21-16-6-4-5-14(12-16)13-17-18(20)15-7-9-19(17)10-8-15/h4-6,12,15,17-18,20H,2-3,7-11,13H2,1H3. The van der Waals surface area contributed by atoms with Crippen LogP contribution in [-0.4, -0.2) is 41.8 Å². The molecule has 0 amide bonds. The summed E-state index contributed by atoms with van der Waals surface area (Å²) in [5, 5.41) is 10.5. The molecule has 2 unspecified atom stereocenters. The molecular weight excluding hydrogens is 262 g/mol. The van der Waals surface area contributed by atoms with Crippen molar-refractivity contribution in [3.8, 4) is 5.75 Å². The number of unbranched alkanes of at least 4 members (excludes halogenated alkanes) is 1. The Kier molecular flexibility index (Phi) is 4.81. The lowest BCUT2D eigenvalue weighted by atomic mass is 9.78. The molecule has 3 aliphatic rings. The van der Waals surface area contributed by atoms with E-state index >= 15 is 0 Å². The summed E-state index contributed by atoms with van der Waals surface area (Å²) in [7, 11) is 0. The Morgan fingerprint density at radius 3 is 2.81 bits per heavy atom. The van der Waals surface area contributed by atoms with Crippen LogP contribution in [-0.2, 0) is 6.42 Å². The SMILES string of the molecule is CCCCOc1cccc(CC2C(O)C3CCN2CC3)c1. The van der Waals surface area contributed by atoms with Crippen LogP contribution in [0.15, 0.2) is 24.3 Å². The molecule has 3 saturated heterocycles. The van der Waals surface area contributed by atoms with E-state index in [9.17, 15) is 5.11 Å². The van der Waals surface area contributed by atoms with Crippen molar-refractivity contribution in [3.63, 3.8) is 0 Å². The Morgan fingerprint density at radius 1 is 1.29 bits per heavy atom. The molecule has 4 rings (SSSR count). The van der Waals surface area contributed by atoms with Gasteiger partial charge in [-0.25, -0.2) is 0 Å². The van der Waals surface area contributed by atoms with Gasteiger partial charge in [0.05, 0.1) is 12.7 Å². The number of nitrogens with zero attached hydrogens (tertiary/aromatic N) is 1. The van der Waals surface area contributed by atoms with Gasteiger partial charge in [0.15, 0.2) is 0 Å². The molecule has 1 aromatic carbocycles. The van der Waals surface area contributed by atoms with Crippen molar-refractivity contribution in [2.75, 3.05) is 19.7 Å². The molecule has 0 spiro atoms. The van der Waals surface area contributed by atoms with Crippen LogP contribution in [0.2, 0.25) is 0 Å². The summed E-state index contributed by atoms with van der Waals surface area (Å²) < 4.78 is 5.79. The van der Waals surface area contributed by atoms with Gasteiger partial charge >= 0.3 is 0 Å². The second-order valence-electron chi connectivity index (χ2n) is 6.48. The number of benzene rings is 1. The van der Waals surface area contributed by atoms with Gasteiger partial charge < -0.3 is 9.84 Å². The van der Waals surface area contributed by atoms with Crippen molar-refractivity contribution in [3.05, 3.63) is 29.8 Å². The molecule has 21 heavy (non-hydrogen) atoms. The zero-order valence-corrected chi connectivity index (χ0v) is 13.0. The van der Waals surface area contributed by atoms with E-state index in [1.807, 2.05) is 6.07 Å². The lowest BCUT2D eigenvalue weighted by Crippen LogP contribution is -2.58. The fraction of sp³-hybridized carbons (Fsp3) is 0.667. The molecule has 0 saturated carbocycles. The van der Waals surface area contributed by atoms with Gasteiger partial charge in [0.1, 0.15) is 5.75 Å². The van der Waals surface area contributed by atoms with Crippen LogP contribution in [0.4, 0.5) is 0 Å². The van der Waals surface area contributed by atoms with Crippen molar-refractivity contribution in [1.82, 2.24) is 4.90 Å². The van der Waals surface area contributed by atoms with E-state index in [-0.39, 0.29) is 6.10 Å². The van der Waals surface area contributed by atoms with Gasteiger partial charge in [0, 0.05) is 6.04 Å².